The van der Waals surface area contributed by atoms with Gasteiger partial charge in [0.05, 0.1) is 17.9 Å². The highest BCUT2D eigenvalue weighted by Crippen LogP contribution is 2.19. The van der Waals surface area contributed by atoms with Crippen LogP contribution in [0.1, 0.15) is 33.2 Å². The monoisotopic (exact) mass is 333 g/mol. The van der Waals surface area contributed by atoms with E-state index in [1.165, 1.54) is 4.68 Å². The number of hydrogen-bond donors (Lipinski definition) is 1. The van der Waals surface area contributed by atoms with Crippen LogP contribution in [0.4, 0.5) is 5.69 Å². The van der Waals surface area contributed by atoms with Gasteiger partial charge in [-0.3, -0.25) is 4.79 Å². The third kappa shape index (κ3) is 3.75. The van der Waals surface area contributed by atoms with Crippen LogP contribution in [0.5, 0.6) is 0 Å². The number of rotatable bonds is 6. The standard InChI is InChI=1S/C12H20BrN3OS/c1-5-9(7-18-4)15-10-6-14-16(8(2)3)12(17)11(10)13/h6,8-9,15H,5,7H2,1-4H3. The van der Waals surface area contributed by atoms with E-state index >= 15 is 0 Å². The van der Waals surface area contributed by atoms with Crippen molar-refractivity contribution < 1.29 is 0 Å². The Morgan fingerprint density at radius 2 is 2.22 bits per heavy atom. The van der Waals surface area contributed by atoms with Crippen molar-refractivity contribution in [1.29, 1.82) is 0 Å². The molecule has 1 heterocycles. The van der Waals surface area contributed by atoms with E-state index < -0.39 is 0 Å². The summed E-state index contributed by atoms with van der Waals surface area (Å²) in [6.07, 6.45) is 4.81. The molecule has 0 amide bonds. The number of halogens is 1. The molecule has 1 aromatic rings. The predicted molar refractivity (Wildman–Crippen MR) is 82.7 cm³/mol. The van der Waals surface area contributed by atoms with Crippen LogP contribution in [0.25, 0.3) is 0 Å². The summed E-state index contributed by atoms with van der Waals surface area (Å²) in [7, 11) is 0. The van der Waals surface area contributed by atoms with Crippen LogP contribution in [-0.4, -0.2) is 27.8 Å². The Hall–Kier alpha value is -0.490. The van der Waals surface area contributed by atoms with E-state index in [9.17, 15) is 4.79 Å². The van der Waals surface area contributed by atoms with Gasteiger partial charge in [-0.2, -0.15) is 16.9 Å². The average molecular weight is 334 g/mol. The third-order valence-electron chi connectivity index (χ3n) is 2.65. The Labute approximate surface area is 121 Å². The van der Waals surface area contributed by atoms with Crippen molar-refractivity contribution in [1.82, 2.24) is 9.78 Å². The fourth-order valence-electron chi connectivity index (χ4n) is 1.60. The maximum atomic E-state index is 12.1. The molecule has 1 aromatic heterocycles. The zero-order valence-electron chi connectivity index (χ0n) is 11.2. The smallest absolute Gasteiger partial charge is 0.283 e. The molecule has 1 rings (SSSR count). The van der Waals surface area contributed by atoms with Crippen molar-refractivity contribution in [2.45, 2.75) is 39.3 Å². The summed E-state index contributed by atoms with van der Waals surface area (Å²) in [6.45, 7) is 6.01. The quantitative estimate of drug-likeness (QED) is 0.868. The first kappa shape index (κ1) is 15.6. The van der Waals surface area contributed by atoms with Crippen molar-refractivity contribution in [3.8, 4) is 0 Å². The third-order valence-corrected chi connectivity index (χ3v) is 4.16. The molecule has 1 N–H and O–H groups in total. The highest BCUT2D eigenvalue weighted by molar-refractivity contribution is 9.10. The summed E-state index contributed by atoms with van der Waals surface area (Å²) in [5.41, 5.74) is 0.687. The van der Waals surface area contributed by atoms with Crippen molar-refractivity contribution in [3.05, 3.63) is 21.0 Å². The van der Waals surface area contributed by atoms with Crippen molar-refractivity contribution in [2.75, 3.05) is 17.3 Å². The summed E-state index contributed by atoms with van der Waals surface area (Å²) in [6, 6.07) is 0.420. The largest absolute Gasteiger partial charge is 0.379 e. The van der Waals surface area contributed by atoms with Crippen molar-refractivity contribution in [3.63, 3.8) is 0 Å². The van der Waals surface area contributed by atoms with Gasteiger partial charge in [-0.1, -0.05) is 6.92 Å². The molecule has 0 radical (unpaired) electrons. The summed E-state index contributed by atoms with van der Waals surface area (Å²) >= 11 is 5.16. The Balaban J connectivity index is 2.98. The lowest BCUT2D eigenvalue weighted by molar-refractivity contribution is 0.500. The van der Waals surface area contributed by atoms with Gasteiger partial charge in [0, 0.05) is 11.8 Å². The molecule has 0 aliphatic heterocycles. The molecule has 0 saturated carbocycles. The molecule has 18 heavy (non-hydrogen) atoms. The van der Waals surface area contributed by atoms with E-state index in [2.05, 4.69) is 39.5 Å². The predicted octanol–water partition coefficient (Wildman–Crippen LogP) is 3.14. The van der Waals surface area contributed by atoms with Gasteiger partial charge in [-0.05, 0) is 42.5 Å². The van der Waals surface area contributed by atoms with Gasteiger partial charge in [0.25, 0.3) is 5.56 Å². The minimum absolute atomic E-state index is 0.0658. The first-order valence-corrected chi connectivity index (χ1v) is 8.22. The summed E-state index contributed by atoms with van der Waals surface area (Å²) < 4.78 is 2.04. The lowest BCUT2D eigenvalue weighted by Crippen LogP contribution is -2.28. The molecule has 0 aliphatic rings. The molecule has 0 bridgehead atoms. The molecule has 1 unspecified atom stereocenters. The van der Waals surface area contributed by atoms with Crippen LogP contribution in [0.3, 0.4) is 0 Å². The minimum Gasteiger partial charge on any atom is -0.379 e. The Bertz CT molecular complexity index is 447. The molecular formula is C12H20BrN3OS. The van der Waals surface area contributed by atoms with Gasteiger partial charge in [0.15, 0.2) is 0 Å². The molecule has 0 fully saturated rings. The Morgan fingerprint density at radius 1 is 1.56 bits per heavy atom. The van der Waals surface area contributed by atoms with Gasteiger partial charge >= 0.3 is 0 Å². The minimum atomic E-state index is -0.0889. The second kappa shape index (κ2) is 7.19. The zero-order valence-corrected chi connectivity index (χ0v) is 13.6. The molecule has 0 aromatic carbocycles. The Kier molecular flexibility index (Phi) is 6.21. The second-order valence-electron chi connectivity index (χ2n) is 4.42. The SMILES string of the molecule is CCC(CSC)Nc1cnn(C(C)C)c(=O)c1Br. The van der Waals surface area contributed by atoms with Crippen LogP contribution in [0.15, 0.2) is 15.5 Å². The molecule has 0 spiro atoms. The normalized spacial score (nSPS) is 12.8. The average Bonchev–Trinajstić information content (AvgIpc) is 2.33. The topological polar surface area (TPSA) is 46.9 Å². The van der Waals surface area contributed by atoms with Crippen molar-refractivity contribution in [2.24, 2.45) is 0 Å². The molecule has 0 saturated heterocycles. The number of nitrogens with one attached hydrogen (secondary N) is 1. The molecular weight excluding hydrogens is 314 g/mol. The lowest BCUT2D eigenvalue weighted by atomic mass is 10.2. The fourth-order valence-corrected chi connectivity index (χ4v) is 2.72. The number of aromatic nitrogens is 2. The summed E-state index contributed by atoms with van der Waals surface area (Å²) in [5, 5.41) is 7.55. The summed E-state index contributed by atoms with van der Waals surface area (Å²) in [4.78, 5) is 12.1. The molecule has 1 atom stereocenters. The Morgan fingerprint density at radius 3 is 2.72 bits per heavy atom. The maximum Gasteiger partial charge on any atom is 0.283 e. The first-order chi connectivity index (χ1) is 8.51. The van der Waals surface area contributed by atoms with E-state index in [1.54, 1.807) is 18.0 Å². The number of hydrogen-bond acceptors (Lipinski definition) is 4. The van der Waals surface area contributed by atoms with Crippen LogP contribution in [0, 0.1) is 0 Å². The van der Waals surface area contributed by atoms with Crippen molar-refractivity contribution >= 4 is 33.4 Å². The van der Waals surface area contributed by atoms with E-state index in [0.29, 0.717) is 10.5 Å². The van der Waals surface area contributed by atoms with Crippen LogP contribution < -0.4 is 10.9 Å². The van der Waals surface area contributed by atoms with E-state index in [-0.39, 0.29) is 11.6 Å². The van der Waals surface area contributed by atoms with Gasteiger partial charge < -0.3 is 5.32 Å². The highest BCUT2D eigenvalue weighted by atomic mass is 79.9. The zero-order chi connectivity index (χ0) is 13.7. The number of thioether (sulfide) groups is 1. The first-order valence-electron chi connectivity index (χ1n) is 6.04. The number of anilines is 1. The molecule has 102 valence electrons. The van der Waals surface area contributed by atoms with Gasteiger partial charge in [-0.25, -0.2) is 4.68 Å². The van der Waals surface area contributed by atoms with Gasteiger partial charge in [-0.15, -0.1) is 0 Å². The van der Waals surface area contributed by atoms with E-state index in [4.69, 9.17) is 0 Å². The number of nitrogens with zero attached hydrogens (tertiary/aromatic N) is 2. The van der Waals surface area contributed by atoms with Gasteiger partial charge in [0.1, 0.15) is 4.47 Å². The highest BCUT2D eigenvalue weighted by Gasteiger charge is 2.13. The van der Waals surface area contributed by atoms with E-state index in [0.717, 1.165) is 17.9 Å². The fraction of sp³-hybridized carbons (Fsp3) is 0.667. The second-order valence-corrected chi connectivity index (χ2v) is 6.12. The summed E-state index contributed by atoms with van der Waals surface area (Å²) in [5.74, 6) is 1.01. The molecule has 6 heteroatoms. The van der Waals surface area contributed by atoms with Gasteiger partial charge in [0.2, 0.25) is 0 Å². The van der Waals surface area contributed by atoms with Crippen LogP contribution in [-0.2, 0) is 0 Å². The van der Waals surface area contributed by atoms with Crippen LogP contribution >= 0.6 is 27.7 Å². The molecule has 0 aliphatic carbocycles. The van der Waals surface area contributed by atoms with E-state index in [1.807, 2.05) is 13.8 Å². The van der Waals surface area contributed by atoms with Crippen LogP contribution in [0.2, 0.25) is 0 Å². The molecule has 4 nitrogen and oxygen atoms in total. The maximum absolute atomic E-state index is 12.1. The lowest BCUT2D eigenvalue weighted by Gasteiger charge is -2.18.